The summed E-state index contributed by atoms with van der Waals surface area (Å²) in [5.41, 5.74) is 0. The average Bonchev–Trinajstić information content (AvgIpc) is 3.40. The molecule has 0 aliphatic rings. The lowest BCUT2D eigenvalue weighted by atomic mass is 10.0. The Morgan fingerprint density at radius 2 is 0.581 bits per heavy atom. The van der Waals surface area contributed by atoms with Gasteiger partial charge in [0.05, 0.1) is 6.42 Å². The molecule has 0 rings (SSSR count). The largest absolute Gasteiger partial charge is 0.462 e. The van der Waals surface area contributed by atoms with Crippen molar-refractivity contribution in [2.75, 3.05) is 13.2 Å². The topological polar surface area (TPSA) is 78.9 Å². The molecule has 74 heavy (non-hydrogen) atoms. The van der Waals surface area contributed by atoms with E-state index in [9.17, 15) is 14.4 Å². The fourth-order valence-electron chi connectivity index (χ4n) is 8.92. The molecule has 0 aromatic heterocycles. The van der Waals surface area contributed by atoms with Crippen molar-refractivity contribution in [1.82, 2.24) is 0 Å². The predicted molar refractivity (Wildman–Crippen MR) is 321 cm³/mol. The fraction of sp³-hybridized carbons (Fsp3) is 0.750. The van der Waals surface area contributed by atoms with E-state index in [0.717, 1.165) is 70.6 Å². The van der Waals surface area contributed by atoms with Gasteiger partial charge in [0.15, 0.2) is 6.10 Å². The van der Waals surface area contributed by atoms with Crippen LogP contribution in [0.1, 0.15) is 310 Å². The maximum atomic E-state index is 12.9. The number of allylic oxidation sites excluding steroid dienone is 13. The number of unbranched alkanes of at least 4 members (excludes halogenated alkanes) is 33. The number of rotatable bonds is 57. The molecule has 0 aliphatic carbocycles. The molecule has 0 aromatic carbocycles. The Balaban J connectivity index is 4.40. The Labute approximate surface area is 458 Å². The minimum absolute atomic E-state index is 0.107. The van der Waals surface area contributed by atoms with Crippen LogP contribution in [0.5, 0.6) is 0 Å². The van der Waals surface area contributed by atoms with Crippen LogP contribution in [0.3, 0.4) is 0 Å². The van der Waals surface area contributed by atoms with Gasteiger partial charge in [0.2, 0.25) is 0 Å². The van der Waals surface area contributed by atoms with Crippen molar-refractivity contribution >= 4 is 17.9 Å². The van der Waals surface area contributed by atoms with Crippen molar-refractivity contribution in [3.8, 4) is 0 Å². The van der Waals surface area contributed by atoms with E-state index in [2.05, 4.69) is 93.7 Å². The van der Waals surface area contributed by atoms with Gasteiger partial charge in [-0.3, -0.25) is 14.4 Å². The highest BCUT2D eigenvalue weighted by molar-refractivity contribution is 5.72. The summed E-state index contributed by atoms with van der Waals surface area (Å²) in [5.74, 6) is -1.04. The summed E-state index contributed by atoms with van der Waals surface area (Å²) < 4.78 is 16.8. The lowest BCUT2D eigenvalue weighted by Gasteiger charge is -2.18. The van der Waals surface area contributed by atoms with Crippen molar-refractivity contribution in [3.63, 3.8) is 0 Å². The molecular formula is C68H118O6. The second-order valence-corrected chi connectivity index (χ2v) is 20.9. The Morgan fingerprint density at radius 3 is 0.932 bits per heavy atom. The Kier molecular flexibility index (Phi) is 59.3. The van der Waals surface area contributed by atoms with Gasteiger partial charge in [-0.05, 0) is 96.3 Å². The van der Waals surface area contributed by atoms with E-state index in [-0.39, 0.29) is 31.6 Å². The van der Waals surface area contributed by atoms with E-state index in [0.29, 0.717) is 12.8 Å². The highest BCUT2D eigenvalue weighted by Crippen LogP contribution is 2.16. The van der Waals surface area contributed by atoms with Gasteiger partial charge in [0.25, 0.3) is 0 Å². The van der Waals surface area contributed by atoms with Gasteiger partial charge in [-0.2, -0.15) is 0 Å². The molecule has 0 fully saturated rings. The molecule has 6 nitrogen and oxygen atoms in total. The second kappa shape index (κ2) is 62.1. The third-order valence-electron chi connectivity index (χ3n) is 13.6. The van der Waals surface area contributed by atoms with Gasteiger partial charge in [-0.25, -0.2) is 0 Å². The van der Waals surface area contributed by atoms with Crippen molar-refractivity contribution in [3.05, 3.63) is 85.1 Å². The Bertz CT molecular complexity index is 1420. The van der Waals surface area contributed by atoms with Gasteiger partial charge in [0.1, 0.15) is 13.2 Å². The highest BCUT2D eigenvalue weighted by Gasteiger charge is 2.19. The molecule has 426 valence electrons. The molecule has 0 saturated carbocycles. The smallest absolute Gasteiger partial charge is 0.309 e. The van der Waals surface area contributed by atoms with Crippen LogP contribution in [-0.4, -0.2) is 37.2 Å². The van der Waals surface area contributed by atoms with E-state index in [1.54, 1.807) is 6.08 Å². The zero-order chi connectivity index (χ0) is 53.6. The van der Waals surface area contributed by atoms with Crippen molar-refractivity contribution in [2.24, 2.45) is 0 Å². The Morgan fingerprint density at radius 1 is 0.297 bits per heavy atom. The molecule has 0 aromatic rings. The summed E-state index contributed by atoms with van der Waals surface area (Å²) >= 11 is 0. The van der Waals surface area contributed by atoms with E-state index in [1.165, 1.54) is 199 Å². The SMILES string of the molecule is CC/C=C\C/C=C\C/C=C\C/C=C\C/C=C\CC(=O)OCC(COC(=O)CCCCCCCCCCCCC/C=C\CCCCCCCCCC)OC(=O)CCCCCCCCC/C=C\CCCCCCCCC. The lowest BCUT2D eigenvalue weighted by molar-refractivity contribution is -0.166. The normalized spacial score (nSPS) is 12.6. The van der Waals surface area contributed by atoms with E-state index in [1.807, 2.05) is 6.08 Å². The van der Waals surface area contributed by atoms with E-state index < -0.39 is 12.1 Å². The van der Waals surface area contributed by atoms with Crippen LogP contribution in [0.15, 0.2) is 85.1 Å². The van der Waals surface area contributed by atoms with Crippen molar-refractivity contribution in [2.45, 2.75) is 316 Å². The molecule has 0 bridgehead atoms. The minimum atomic E-state index is -0.820. The highest BCUT2D eigenvalue weighted by atomic mass is 16.6. The molecule has 0 saturated heterocycles. The third-order valence-corrected chi connectivity index (χ3v) is 13.6. The van der Waals surface area contributed by atoms with E-state index in [4.69, 9.17) is 14.2 Å². The number of esters is 3. The van der Waals surface area contributed by atoms with Gasteiger partial charge in [-0.1, -0.05) is 279 Å². The summed E-state index contributed by atoms with van der Waals surface area (Å²) in [6, 6.07) is 0. The van der Waals surface area contributed by atoms with E-state index >= 15 is 0 Å². The van der Waals surface area contributed by atoms with Gasteiger partial charge >= 0.3 is 17.9 Å². The monoisotopic (exact) mass is 1030 g/mol. The first-order chi connectivity index (χ1) is 36.5. The first-order valence-corrected chi connectivity index (χ1v) is 31.6. The third kappa shape index (κ3) is 59.5. The molecule has 0 N–H and O–H groups in total. The van der Waals surface area contributed by atoms with Gasteiger partial charge in [-0.15, -0.1) is 0 Å². The average molecular weight is 1030 g/mol. The van der Waals surface area contributed by atoms with Crippen molar-refractivity contribution < 1.29 is 28.6 Å². The standard InChI is InChI=1S/C68H118O6/c1-4-7-10-13-16-19-22-25-28-30-32-33-34-35-36-38-40-43-46-49-52-55-58-61-67(70)73-64-65(63-72-66(69)60-57-54-51-48-45-42-39-27-24-21-18-15-12-9-6-3)74-68(71)62-59-56-53-50-47-44-41-37-31-29-26-23-20-17-14-11-8-5-2/h9,12,18,21,27,29-32,39,45,48,54,57,65H,4-8,10-11,13-17,19-20,22-26,28,33-38,40-44,46-47,49-53,55-56,58-64H2,1-3H3/b12-9-,21-18-,31-29-,32-30-,39-27-,48-45-,57-54-. The lowest BCUT2D eigenvalue weighted by Crippen LogP contribution is -2.30. The number of carbonyl (C=O) groups is 3. The summed E-state index contributed by atoms with van der Waals surface area (Å²) in [6.07, 6.45) is 81.9. The summed E-state index contributed by atoms with van der Waals surface area (Å²) in [4.78, 5) is 38.2. The molecule has 0 radical (unpaired) electrons. The van der Waals surface area contributed by atoms with Crippen LogP contribution in [0, 0.1) is 0 Å². The first kappa shape index (κ1) is 70.6. The fourth-order valence-corrected chi connectivity index (χ4v) is 8.92. The van der Waals surface area contributed by atoms with Gasteiger partial charge < -0.3 is 14.2 Å². The number of ether oxygens (including phenoxy) is 3. The maximum absolute atomic E-state index is 12.9. The van der Waals surface area contributed by atoms with Crippen LogP contribution < -0.4 is 0 Å². The van der Waals surface area contributed by atoms with Crippen LogP contribution >= 0.6 is 0 Å². The summed E-state index contributed by atoms with van der Waals surface area (Å²) in [7, 11) is 0. The quantitative estimate of drug-likeness (QED) is 0.0261. The maximum Gasteiger partial charge on any atom is 0.309 e. The number of hydrogen-bond acceptors (Lipinski definition) is 6. The van der Waals surface area contributed by atoms with Crippen LogP contribution in [-0.2, 0) is 28.6 Å². The van der Waals surface area contributed by atoms with Crippen LogP contribution in [0.25, 0.3) is 0 Å². The molecular weight excluding hydrogens is 913 g/mol. The summed E-state index contributed by atoms with van der Waals surface area (Å²) in [6.45, 7) is 6.46. The Hall–Kier alpha value is -3.41. The second-order valence-electron chi connectivity index (χ2n) is 20.9. The zero-order valence-corrected chi connectivity index (χ0v) is 48.8. The molecule has 0 heterocycles. The first-order valence-electron chi connectivity index (χ1n) is 31.6. The van der Waals surface area contributed by atoms with Crippen LogP contribution in [0.2, 0.25) is 0 Å². The molecule has 0 amide bonds. The van der Waals surface area contributed by atoms with Gasteiger partial charge in [0, 0.05) is 12.8 Å². The minimum Gasteiger partial charge on any atom is -0.462 e. The number of hydrogen-bond donors (Lipinski definition) is 0. The van der Waals surface area contributed by atoms with Crippen LogP contribution in [0.4, 0.5) is 0 Å². The summed E-state index contributed by atoms with van der Waals surface area (Å²) in [5, 5.41) is 0. The molecule has 1 atom stereocenters. The number of carbonyl (C=O) groups excluding carboxylic acids is 3. The molecule has 1 unspecified atom stereocenters. The zero-order valence-electron chi connectivity index (χ0n) is 48.8. The molecule has 0 spiro atoms. The molecule has 6 heteroatoms. The van der Waals surface area contributed by atoms with Crippen molar-refractivity contribution in [1.29, 1.82) is 0 Å². The molecule has 0 aliphatic heterocycles. The predicted octanol–water partition coefficient (Wildman–Crippen LogP) is 21.5.